The lowest BCUT2D eigenvalue weighted by Gasteiger charge is -2.46. The molecule has 1 fully saturated rings. The Morgan fingerprint density at radius 3 is 2.39 bits per heavy atom. The lowest BCUT2D eigenvalue weighted by Crippen LogP contribution is -2.51. The number of fused-ring (bicyclic) bond motifs is 1. The van der Waals surface area contributed by atoms with E-state index in [4.69, 9.17) is 27.9 Å². The van der Waals surface area contributed by atoms with Crippen LogP contribution in [0.1, 0.15) is 59.1 Å². The molecule has 1 aliphatic carbocycles. The maximum atomic E-state index is 13.7. The molecule has 1 saturated carbocycles. The van der Waals surface area contributed by atoms with Gasteiger partial charge in [-0.25, -0.2) is 0 Å². The van der Waals surface area contributed by atoms with E-state index in [1.54, 1.807) is 41.3 Å². The first-order chi connectivity index (χ1) is 14.8. The molecule has 2 aromatic carbocycles. The fourth-order valence-corrected chi connectivity index (χ4v) is 5.30. The number of carbonyl (C=O) groups excluding carboxylic acids is 1. The van der Waals surface area contributed by atoms with Gasteiger partial charge in [0.2, 0.25) is 0 Å². The number of rotatable bonds is 4. The number of carbonyl (C=O) groups is 2. The highest BCUT2D eigenvalue weighted by Crippen LogP contribution is 2.48. The Balaban J connectivity index is 1.92. The molecule has 2 aliphatic rings. The van der Waals surface area contributed by atoms with Gasteiger partial charge in [-0.05, 0) is 67.1 Å². The molecule has 6 nitrogen and oxygen atoms in total. The molecule has 2 N–H and O–H groups in total. The maximum absolute atomic E-state index is 13.7. The number of benzene rings is 2. The van der Waals surface area contributed by atoms with E-state index < -0.39 is 24.0 Å². The minimum absolute atomic E-state index is 0.204. The van der Waals surface area contributed by atoms with Crippen molar-refractivity contribution in [3.63, 3.8) is 0 Å². The summed E-state index contributed by atoms with van der Waals surface area (Å²) in [4.78, 5) is 27.9. The van der Waals surface area contributed by atoms with Crippen LogP contribution in [0.3, 0.4) is 0 Å². The lowest BCUT2D eigenvalue weighted by molar-refractivity contribution is -0.141. The normalized spacial score (nSPS) is 25.8. The van der Waals surface area contributed by atoms with Crippen molar-refractivity contribution in [3.05, 3.63) is 63.1 Å². The molecular weight excluding hydrogens is 441 g/mol. The van der Waals surface area contributed by atoms with Crippen LogP contribution in [0.25, 0.3) is 0 Å². The number of hydrogen-bond acceptors (Lipinski definition) is 4. The van der Waals surface area contributed by atoms with Crippen LogP contribution in [0.5, 0.6) is 5.75 Å². The van der Waals surface area contributed by atoms with Crippen LogP contribution < -0.4 is 4.74 Å². The molecule has 0 unspecified atom stereocenters. The van der Waals surface area contributed by atoms with E-state index in [-0.39, 0.29) is 11.9 Å². The van der Waals surface area contributed by atoms with Crippen LogP contribution in [-0.2, 0) is 4.79 Å². The van der Waals surface area contributed by atoms with E-state index >= 15 is 0 Å². The molecule has 2 atom stereocenters. The van der Waals surface area contributed by atoms with Gasteiger partial charge >= 0.3 is 5.97 Å². The predicted octanol–water partition coefficient (Wildman–Crippen LogP) is 4.67. The Morgan fingerprint density at radius 2 is 1.77 bits per heavy atom. The molecule has 4 rings (SSSR count). The molecule has 0 spiro atoms. The summed E-state index contributed by atoms with van der Waals surface area (Å²) < 4.78 is 5.29. The zero-order chi connectivity index (χ0) is 22.3. The minimum atomic E-state index is -1.06. The standard InChI is InChI=1S/C23H23Cl2NO5/c1-31-15-7-9-16-18(11-15)20(23(29)30)21(17-8-2-12(24)10-19(17)25)26(22(16)28)13-3-5-14(27)6-4-13/h2,7-11,13-14,20-21,27H,3-6H2,1H3,(H,29,30)/t13?,14?,20-,21+/m1/s1. The van der Waals surface area contributed by atoms with Gasteiger partial charge < -0.3 is 19.8 Å². The van der Waals surface area contributed by atoms with Crippen LogP contribution in [0.2, 0.25) is 10.0 Å². The highest BCUT2D eigenvalue weighted by molar-refractivity contribution is 6.35. The van der Waals surface area contributed by atoms with E-state index in [2.05, 4.69) is 0 Å². The van der Waals surface area contributed by atoms with Gasteiger partial charge in [-0.2, -0.15) is 0 Å². The second-order valence-electron chi connectivity index (χ2n) is 8.05. The summed E-state index contributed by atoms with van der Waals surface area (Å²) >= 11 is 12.6. The third-order valence-corrected chi connectivity index (χ3v) is 6.84. The minimum Gasteiger partial charge on any atom is -0.497 e. The molecule has 1 aliphatic heterocycles. The van der Waals surface area contributed by atoms with Crippen molar-refractivity contribution >= 4 is 35.1 Å². The first kappa shape index (κ1) is 21.9. The second-order valence-corrected chi connectivity index (χ2v) is 8.90. The molecule has 0 radical (unpaired) electrons. The van der Waals surface area contributed by atoms with Crippen LogP contribution in [-0.4, -0.2) is 46.2 Å². The summed E-state index contributed by atoms with van der Waals surface area (Å²) in [6.45, 7) is 0. The van der Waals surface area contributed by atoms with E-state index in [1.165, 1.54) is 7.11 Å². The molecule has 31 heavy (non-hydrogen) atoms. The quantitative estimate of drug-likeness (QED) is 0.687. The van der Waals surface area contributed by atoms with Crippen molar-refractivity contribution in [3.8, 4) is 5.75 Å². The second kappa shape index (κ2) is 8.69. The number of carboxylic acid groups (broad SMARTS) is 1. The molecule has 164 valence electrons. The van der Waals surface area contributed by atoms with E-state index in [1.807, 2.05) is 0 Å². The van der Waals surface area contributed by atoms with Crippen molar-refractivity contribution in [2.75, 3.05) is 7.11 Å². The van der Waals surface area contributed by atoms with Crippen molar-refractivity contribution in [1.29, 1.82) is 0 Å². The first-order valence-electron chi connectivity index (χ1n) is 10.2. The monoisotopic (exact) mass is 463 g/mol. The molecule has 0 saturated heterocycles. The van der Waals surface area contributed by atoms with Gasteiger partial charge in [-0.3, -0.25) is 9.59 Å². The van der Waals surface area contributed by atoms with E-state index in [9.17, 15) is 19.8 Å². The lowest BCUT2D eigenvalue weighted by atomic mass is 9.77. The fourth-order valence-electron chi connectivity index (χ4n) is 4.78. The van der Waals surface area contributed by atoms with Crippen molar-refractivity contribution < 1.29 is 24.5 Å². The number of nitrogens with zero attached hydrogens (tertiary/aromatic N) is 1. The van der Waals surface area contributed by atoms with Crippen LogP contribution >= 0.6 is 23.2 Å². The highest BCUT2D eigenvalue weighted by atomic mass is 35.5. The summed E-state index contributed by atoms with van der Waals surface area (Å²) in [5, 5.41) is 21.0. The molecule has 0 bridgehead atoms. The Hall–Kier alpha value is -2.28. The van der Waals surface area contributed by atoms with E-state index in [0.717, 1.165) is 0 Å². The maximum Gasteiger partial charge on any atom is 0.313 e. The average molecular weight is 464 g/mol. The molecule has 0 aromatic heterocycles. The first-order valence-corrected chi connectivity index (χ1v) is 10.9. The summed E-state index contributed by atoms with van der Waals surface area (Å²) in [6.07, 6.45) is 1.89. The zero-order valence-electron chi connectivity index (χ0n) is 16.9. The SMILES string of the molecule is COc1ccc2c(c1)[C@@H](C(=O)O)[C@H](c1ccc(Cl)cc1Cl)N(C1CCC(O)CC1)C2=O. The van der Waals surface area contributed by atoms with Crippen molar-refractivity contribution in [2.45, 2.75) is 49.8 Å². The summed E-state index contributed by atoms with van der Waals surface area (Å²) in [5.74, 6) is -1.85. The summed E-state index contributed by atoms with van der Waals surface area (Å²) in [6, 6.07) is 8.78. The number of halogens is 2. The number of carboxylic acids is 1. The Morgan fingerprint density at radius 1 is 1.06 bits per heavy atom. The van der Waals surface area contributed by atoms with Gasteiger partial charge in [0.1, 0.15) is 11.7 Å². The van der Waals surface area contributed by atoms with Crippen LogP contribution in [0.15, 0.2) is 36.4 Å². The number of hydrogen-bond donors (Lipinski definition) is 2. The van der Waals surface area contributed by atoms with Gasteiger partial charge in [0.05, 0.1) is 19.3 Å². The van der Waals surface area contributed by atoms with Gasteiger partial charge in [-0.1, -0.05) is 29.3 Å². The highest BCUT2D eigenvalue weighted by Gasteiger charge is 2.48. The summed E-state index contributed by atoms with van der Waals surface area (Å²) in [5.41, 5.74) is 1.28. The largest absolute Gasteiger partial charge is 0.497 e. The van der Waals surface area contributed by atoms with Gasteiger partial charge in [0.25, 0.3) is 5.91 Å². The number of aliphatic hydroxyl groups excluding tert-OH is 1. The average Bonchev–Trinajstić information content (AvgIpc) is 2.74. The van der Waals surface area contributed by atoms with Gasteiger partial charge in [0, 0.05) is 21.7 Å². The molecule has 1 heterocycles. The predicted molar refractivity (Wildman–Crippen MR) is 117 cm³/mol. The number of aliphatic hydroxyl groups is 1. The molecule has 2 aromatic rings. The summed E-state index contributed by atoms with van der Waals surface area (Å²) in [7, 11) is 1.50. The Labute approximate surface area is 190 Å². The molecular formula is C23H23Cl2NO5. The number of aliphatic carboxylic acids is 1. The fraction of sp³-hybridized carbons (Fsp3) is 0.391. The topological polar surface area (TPSA) is 87.1 Å². The van der Waals surface area contributed by atoms with Crippen LogP contribution in [0.4, 0.5) is 0 Å². The Bertz CT molecular complexity index is 1020. The Kier molecular flexibility index (Phi) is 6.15. The number of amides is 1. The van der Waals surface area contributed by atoms with Crippen molar-refractivity contribution in [1.82, 2.24) is 4.90 Å². The molecule has 1 amide bonds. The number of methoxy groups -OCH3 is 1. The zero-order valence-corrected chi connectivity index (χ0v) is 18.4. The molecule has 8 heteroatoms. The number of ether oxygens (including phenoxy) is 1. The van der Waals surface area contributed by atoms with E-state index in [0.29, 0.717) is 58.2 Å². The third kappa shape index (κ3) is 4.00. The third-order valence-electron chi connectivity index (χ3n) is 6.28. The van der Waals surface area contributed by atoms with Crippen molar-refractivity contribution in [2.24, 2.45) is 0 Å². The smallest absolute Gasteiger partial charge is 0.313 e. The van der Waals surface area contributed by atoms with Crippen LogP contribution in [0, 0.1) is 0 Å². The van der Waals surface area contributed by atoms with Gasteiger partial charge in [0.15, 0.2) is 0 Å². The van der Waals surface area contributed by atoms with Gasteiger partial charge in [-0.15, -0.1) is 0 Å².